The Kier molecular flexibility index (Phi) is 14.8. The molecule has 2 saturated carbocycles. The molecule has 3 unspecified atom stereocenters. The van der Waals surface area contributed by atoms with Crippen molar-refractivity contribution >= 4 is 35.1 Å². The van der Waals surface area contributed by atoms with Gasteiger partial charge in [-0.15, -0.1) is 0 Å². The Morgan fingerprint density at radius 1 is 0.517 bits per heavy atom. The maximum atomic E-state index is 9.34. The van der Waals surface area contributed by atoms with E-state index in [1.165, 1.54) is 152 Å². The monoisotopic (exact) mass is 933 g/mol. The summed E-state index contributed by atoms with van der Waals surface area (Å²) in [6, 6.07) is 34.6. The Balaban J connectivity index is 1.33. The van der Waals surface area contributed by atoms with Crippen LogP contribution in [0.5, 0.6) is 0 Å². The van der Waals surface area contributed by atoms with Crippen LogP contribution in [0.1, 0.15) is 171 Å². The van der Waals surface area contributed by atoms with Gasteiger partial charge >= 0.3 is 377 Å². The van der Waals surface area contributed by atoms with Crippen molar-refractivity contribution in [3.63, 3.8) is 0 Å². The van der Waals surface area contributed by atoms with Gasteiger partial charge in [-0.25, -0.2) is 0 Å². The Hall–Kier alpha value is -1.96. The normalized spacial score (nSPS) is 21.3. The van der Waals surface area contributed by atoms with Crippen molar-refractivity contribution in [2.75, 3.05) is 0 Å². The quantitative estimate of drug-likeness (QED) is 0.0823. The molecule has 0 saturated heterocycles. The Morgan fingerprint density at radius 3 is 1.28 bits per heavy atom. The number of rotatable bonds is 15. The van der Waals surface area contributed by atoms with E-state index in [1.54, 1.807) is 11.1 Å². The van der Waals surface area contributed by atoms with Crippen molar-refractivity contribution in [2.24, 2.45) is 11.8 Å². The molecule has 0 radical (unpaired) electrons. The summed E-state index contributed by atoms with van der Waals surface area (Å²) >= 11 is -5.09. The molecule has 8 rings (SSSR count). The van der Waals surface area contributed by atoms with E-state index >= 15 is 0 Å². The summed E-state index contributed by atoms with van der Waals surface area (Å²) in [5, 5.41) is 0. The summed E-state index contributed by atoms with van der Waals surface area (Å²) in [5.74, 6) is -0.308. The van der Waals surface area contributed by atoms with E-state index in [0.29, 0.717) is 11.8 Å². The fourth-order valence-electron chi connectivity index (χ4n) is 12.6. The van der Waals surface area contributed by atoms with Crippen LogP contribution in [0.4, 0.5) is 0 Å². The number of hydrogen-bond acceptors (Lipinski definition) is 0. The van der Waals surface area contributed by atoms with Crippen molar-refractivity contribution < 1.29 is 15.6 Å². The van der Waals surface area contributed by atoms with E-state index in [9.17, 15) is 17.0 Å². The minimum atomic E-state index is -5.09. The Labute approximate surface area is 373 Å². The minimum absolute atomic E-state index is 0.144. The first kappa shape index (κ1) is 44.6. The molecule has 0 amide bonds. The fraction of sp³-hybridized carbons (Fsp3) is 0.500. The molecule has 2 fully saturated rings. The van der Waals surface area contributed by atoms with E-state index < -0.39 is 21.5 Å². The average Bonchev–Trinajstić information content (AvgIpc) is 3.56. The van der Waals surface area contributed by atoms with Gasteiger partial charge in [0, 0.05) is 0 Å². The van der Waals surface area contributed by atoms with Crippen LogP contribution < -0.4 is 0 Å². The topological polar surface area (TPSA) is 0 Å². The molecule has 319 valence electrons. The van der Waals surface area contributed by atoms with Gasteiger partial charge in [0.1, 0.15) is 0 Å². The molecular weight excluding hydrogens is 863 g/mol. The second-order valence-corrected chi connectivity index (χ2v) is 61.2. The van der Waals surface area contributed by atoms with Gasteiger partial charge in [-0.05, 0) is 0 Å². The number of halogens is 2. The molecule has 0 spiro atoms. The van der Waals surface area contributed by atoms with Crippen molar-refractivity contribution in [3.8, 4) is 22.3 Å². The van der Waals surface area contributed by atoms with Gasteiger partial charge in [0.05, 0.1) is 0 Å². The number of benzene rings is 4. The van der Waals surface area contributed by atoms with Gasteiger partial charge in [0.2, 0.25) is 0 Å². The van der Waals surface area contributed by atoms with E-state index in [2.05, 4.69) is 124 Å². The summed E-state index contributed by atoms with van der Waals surface area (Å²) < 4.78 is 0.289. The van der Waals surface area contributed by atoms with Crippen molar-refractivity contribution in [3.05, 3.63) is 129 Å². The molecule has 0 heterocycles. The van der Waals surface area contributed by atoms with Crippen LogP contribution >= 0.6 is 17.0 Å². The van der Waals surface area contributed by atoms with Gasteiger partial charge in [-0.1, -0.05) is 0 Å². The van der Waals surface area contributed by atoms with Crippen LogP contribution in [0.3, 0.4) is 0 Å². The van der Waals surface area contributed by atoms with Crippen LogP contribution in [-0.4, -0.2) is 5.92 Å². The van der Waals surface area contributed by atoms with Gasteiger partial charge in [-0.3, -0.25) is 0 Å². The zero-order valence-corrected chi connectivity index (χ0v) is 42.6. The van der Waals surface area contributed by atoms with Crippen LogP contribution in [-0.2, 0) is 28.4 Å². The van der Waals surface area contributed by atoms with Crippen molar-refractivity contribution in [1.29, 1.82) is 0 Å². The van der Waals surface area contributed by atoms with Gasteiger partial charge < -0.3 is 0 Å². The van der Waals surface area contributed by atoms with E-state index in [0.717, 1.165) is 32.1 Å². The molecule has 0 aromatic heterocycles. The number of hydrogen-bond donors (Lipinski definition) is 0. The summed E-state index contributed by atoms with van der Waals surface area (Å²) in [6.45, 7) is 9.59. The summed E-state index contributed by atoms with van der Waals surface area (Å²) in [6.07, 6.45) is 29.7. The second kappa shape index (κ2) is 19.8. The molecule has 0 nitrogen and oxygen atoms in total. The van der Waals surface area contributed by atoms with Gasteiger partial charge in [-0.2, -0.15) is 0 Å². The second-order valence-electron chi connectivity index (χ2n) is 19.9. The predicted octanol–water partition coefficient (Wildman–Crippen LogP) is 18.0. The molecule has 0 N–H and O–H groups in total. The zero-order valence-electron chi connectivity index (χ0n) is 37.5. The van der Waals surface area contributed by atoms with Gasteiger partial charge in [0.15, 0.2) is 0 Å². The number of allylic oxidation sites excluding steroid dienone is 2. The van der Waals surface area contributed by atoms with E-state index in [-0.39, 0.29) is 7.25 Å². The number of fused-ring (bicyclic) bond motifs is 2. The third-order valence-electron chi connectivity index (χ3n) is 15.7. The van der Waals surface area contributed by atoms with Crippen LogP contribution in [0.25, 0.3) is 34.4 Å². The first-order valence-corrected chi connectivity index (χ1v) is 40.6. The third kappa shape index (κ3) is 9.04. The molecule has 3 atom stereocenters. The standard InChI is InChI=1S/2C26H31.C4H11Si.2ClH.Zr/c2*1-2-8-20-13-15-23(16-14-20)25-12-7-11-24-18-22(19-26(24)25)17-21-9-5-3-4-6-10-21;1-3-4-5-2;;;/h2*7,11-16,18-19,21H,2-6,8-10,17H2,1H3;5H,3-4H2,1-2H3;2*1H;/q;;;;;+2/p-2. The van der Waals surface area contributed by atoms with Crippen LogP contribution in [0.15, 0.2) is 96.1 Å². The van der Waals surface area contributed by atoms with Crippen LogP contribution in [0, 0.1) is 11.8 Å². The molecule has 4 aromatic rings. The first-order valence-electron chi connectivity index (χ1n) is 24.7. The molecule has 4 aliphatic rings. The first-order chi connectivity index (χ1) is 29.2. The average molecular weight is 936 g/mol. The Morgan fingerprint density at radius 2 is 0.917 bits per heavy atom. The Bertz CT molecular complexity index is 1980. The predicted molar refractivity (Wildman–Crippen MR) is 265 cm³/mol. The fourth-order valence-corrected chi connectivity index (χ4v) is 53.8. The van der Waals surface area contributed by atoms with E-state index in [1.807, 2.05) is 0 Å². The maximum absolute atomic E-state index is 9.34. The molecule has 4 aliphatic carbocycles. The molecule has 4 aromatic carbocycles. The molecule has 60 heavy (non-hydrogen) atoms. The summed E-state index contributed by atoms with van der Waals surface area (Å²) in [5.41, 5.74) is 17.2. The van der Waals surface area contributed by atoms with Crippen LogP contribution in [0.2, 0.25) is 12.6 Å². The summed E-state index contributed by atoms with van der Waals surface area (Å²) in [7, 11) is 18.7. The molecular formula is C56H73Cl2SiZr. The number of aryl methyl sites for hydroxylation is 2. The van der Waals surface area contributed by atoms with Gasteiger partial charge in [0.25, 0.3) is 0 Å². The molecule has 0 aliphatic heterocycles. The van der Waals surface area contributed by atoms with Crippen molar-refractivity contribution in [2.45, 2.75) is 163 Å². The summed E-state index contributed by atoms with van der Waals surface area (Å²) in [4.78, 5) is 0. The third-order valence-corrected chi connectivity index (χ3v) is 66.1. The van der Waals surface area contributed by atoms with E-state index in [4.69, 9.17) is 0 Å². The molecule has 4 heteroatoms. The van der Waals surface area contributed by atoms with Crippen molar-refractivity contribution in [1.82, 2.24) is 0 Å². The zero-order chi connectivity index (χ0) is 41.7. The molecule has 0 bridgehead atoms. The SMILES string of the molecule is CCCc1ccc(-c2cccc3c2C=C(CC2CCCCCC2)[CH]3[Zr]([Cl])([Cl])([CH]2C(CC3CCCCCC3)=Cc3c(-c4ccc(CCC)cc4)cccc32)[SiH](C)CCC)cc1.